The largest absolute Gasteiger partial charge is 0.737 e. The Balaban J connectivity index is 1.62. The molecule has 2 aliphatic heterocycles. The van der Waals surface area contributed by atoms with E-state index in [1.54, 1.807) is 48.6 Å². The van der Waals surface area contributed by atoms with Gasteiger partial charge in [-0.3, -0.25) is 0 Å². The quantitative estimate of drug-likeness (QED) is 0.246. The van der Waals surface area contributed by atoms with Crippen LogP contribution in [-0.4, -0.2) is 43.8 Å². The van der Waals surface area contributed by atoms with Crippen LogP contribution in [0.1, 0.15) is 37.5 Å². The molecule has 0 saturated carbocycles. The summed E-state index contributed by atoms with van der Waals surface area (Å²) < 4.78 is 35.4. The molecule has 0 unspecified atom stereocenters. The zero-order chi connectivity index (χ0) is 27.5. The van der Waals surface area contributed by atoms with Crippen molar-refractivity contribution in [2.45, 2.75) is 0 Å². The molecule has 0 saturated heterocycles. The monoisotopic (exact) mass is 523 g/mol. The van der Waals surface area contributed by atoms with Crippen molar-refractivity contribution in [1.82, 2.24) is 4.48 Å². The second kappa shape index (κ2) is 8.66. The molecule has 0 aliphatic carbocycles. The van der Waals surface area contributed by atoms with Gasteiger partial charge in [0.2, 0.25) is 0 Å². The van der Waals surface area contributed by atoms with Crippen LogP contribution in [0, 0.1) is 0 Å². The highest BCUT2D eigenvalue weighted by Crippen LogP contribution is 2.43. The SMILES string of the molecule is Nc1ccc(C2=C3C=CC(c4ccc(C(=O)O)cc4)=[N+]3[B-](F)(F)n3c2ccc3-c2ccc(C(=O)O)cc2)cc1. The third kappa shape index (κ3) is 3.76. The van der Waals surface area contributed by atoms with Crippen molar-refractivity contribution in [3.8, 4) is 11.3 Å². The second-order valence-electron chi connectivity index (χ2n) is 9.30. The van der Waals surface area contributed by atoms with E-state index in [0.717, 1.165) is 8.96 Å². The molecule has 10 heteroatoms. The molecular formula is C29H20BF2N3O4. The lowest BCUT2D eigenvalue weighted by Gasteiger charge is -2.33. The van der Waals surface area contributed by atoms with Crippen LogP contribution >= 0.6 is 0 Å². The Labute approximate surface area is 221 Å². The van der Waals surface area contributed by atoms with E-state index in [9.17, 15) is 19.8 Å². The summed E-state index contributed by atoms with van der Waals surface area (Å²) in [7, 11) is 0. The van der Waals surface area contributed by atoms with Crippen LogP contribution in [0.4, 0.5) is 14.3 Å². The topological polar surface area (TPSA) is 109 Å². The van der Waals surface area contributed by atoms with Crippen LogP contribution in [0.3, 0.4) is 0 Å². The van der Waals surface area contributed by atoms with Gasteiger partial charge in [0, 0.05) is 34.8 Å². The van der Waals surface area contributed by atoms with E-state index in [4.69, 9.17) is 5.73 Å². The number of allylic oxidation sites excluding steroid dienone is 2. The van der Waals surface area contributed by atoms with Crippen LogP contribution in [0.5, 0.6) is 0 Å². The molecule has 1 aromatic heterocycles. The Bertz CT molecular complexity index is 1770. The fraction of sp³-hybridized carbons (Fsp3) is 0. The van der Waals surface area contributed by atoms with E-state index in [-0.39, 0.29) is 22.5 Å². The number of hydrogen-bond donors (Lipinski definition) is 3. The fourth-order valence-electron chi connectivity index (χ4n) is 5.20. The average molecular weight is 523 g/mol. The number of nitrogen functional groups attached to an aromatic ring is 1. The van der Waals surface area contributed by atoms with Crippen molar-refractivity contribution in [2.75, 3.05) is 5.73 Å². The molecule has 6 rings (SSSR count). The maximum Gasteiger partial charge on any atom is 0.737 e. The lowest BCUT2D eigenvalue weighted by molar-refractivity contribution is -0.360. The molecule has 3 aromatic carbocycles. The number of carboxylic acids is 2. The van der Waals surface area contributed by atoms with E-state index in [2.05, 4.69) is 0 Å². The maximum absolute atomic E-state index is 16.7. The first-order chi connectivity index (χ1) is 18.7. The Morgan fingerprint density at radius 2 is 1.21 bits per heavy atom. The number of aromatic nitrogens is 1. The van der Waals surface area contributed by atoms with Gasteiger partial charge in [-0.25, -0.2) is 9.59 Å². The Morgan fingerprint density at radius 3 is 1.77 bits per heavy atom. The number of carbonyl (C=O) groups is 2. The van der Waals surface area contributed by atoms with Gasteiger partial charge < -0.3 is 33.5 Å². The number of aromatic carboxylic acids is 2. The summed E-state index contributed by atoms with van der Waals surface area (Å²) in [5.41, 5.74) is 9.74. The minimum atomic E-state index is -4.43. The number of rotatable bonds is 5. The van der Waals surface area contributed by atoms with E-state index >= 15 is 8.63 Å². The number of anilines is 1. The molecule has 0 bridgehead atoms. The Kier molecular flexibility index (Phi) is 5.35. The molecule has 7 nitrogen and oxygen atoms in total. The molecule has 0 spiro atoms. The predicted molar refractivity (Wildman–Crippen MR) is 144 cm³/mol. The summed E-state index contributed by atoms with van der Waals surface area (Å²) in [6, 6.07) is 21.8. The van der Waals surface area contributed by atoms with E-state index in [1.165, 1.54) is 48.5 Å². The smallest absolute Gasteiger partial charge is 0.478 e. The van der Waals surface area contributed by atoms with Crippen molar-refractivity contribution in [2.24, 2.45) is 0 Å². The van der Waals surface area contributed by atoms with E-state index in [0.29, 0.717) is 39.3 Å². The van der Waals surface area contributed by atoms with Gasteiger partial charge in [0.25, 0.3) is 0 Å². The van der Waals surface area contributed by atoms with Crippen LogP contribution in [-0.2, 0) is 0 Å². The molecule has 39 heavy (non-hydrogen) atoms. The van der Waals surface area contributed by atoms with Gasteiger partial charge in [0.05, 0.1) is 16.7 Å². The predicted octanol–water partition coefficient (Wildman–Crippen LogP) is 5.20. The highest BCUT2D eigenvalue weighted by molar-refractivity contribution is 6.59. The van der Waals surface area contributed by atoms with Gasteiger partial charge in [-0.1, -0.05) is 24.3 Å². The summed E-state index contributed by atoms with van der Waals surface area (Å²) in [6.07, 6.45) is 3.24. The minimum Gasteiger partial charge on any atom is -0.478 e. The molecule has 0 atom stereocenters. The molecule has 4 N–H and O–H groups in total. The standard InChI is InChI=1S/C29H20BF2N3O4/c31-30(32)34-23(17-1-5-20(6-2-17)28(36)37)13-15-25(34)27(19-9-11-22(33)12-10-19)26-16-14-24(35(26)30)18-3-7-21(8-4-18)29(38)39/h1-16H,33H2,(H,36,37)(H,38,39). The molecule has 3 heterocycles. The number of fused-ring (bicyclic) bond motifs is 2. The number of hydrogen-bond acceptors (Lipinski definition) is 3. The minimum absolute atomic E-state index is 0.0513. The first-order valence-electron chi connectivity index (χ1n) is 12.0. The number of nitrogens with two attached hydrogens (primary N) is 1. The van der Waals surface area contributed by atoms with Crippen molar-refractivity contribution < 1.29 is 32.9 Å². The van der Waals surface area contributed by atoms with Crippen LogP contribution in [0.2, 0.25) is 0 Å². The maximum atomic E-state index is 16.7. The molecule has 0 fully saturated rings. The number of carboxylic acid groups (broad SMARTS) is 2. The number of halogens is 2. The highest BCUT2D eigenvalue weighted by Gasteiger charge is 2.54. The summed E-state index contributed by atoms with van der Waals surface area (Å²) >= 11 is 0. The third-order valence-corrected chi connectivity index (χ3v) is 7.02. The van der Waals surface area contributed by atoms with Crippen molar-refractivity contribution in [3.63, 3.8) is 0 Å². The van der Waals surface area contributed by atoms with Crippen LogP contribution in [0.15, 0.2) is 103 Å². The number of nitrogens with zero attached hydrogens (tertiary/aromatic N) is 2. The Morgan fingerprint density at radius 1 is 0.692 bits per heavy atom. The molecule has 0 amide bonds. The summed E-state index contributed by atoms with van der Waals surface area (Å²) in [5.74, 6) is -2.22. The summed E-state index contributed by atoms with van der Waals surface area (Å²) in [5, 5.41) is 18.5. The van der Waals surface area contributed by atoms with Gasteiger partial charge in [0.1, 0.15) is 0 Å². The fourth-order valence-corrected chi connectivity index (χ4v) is 5.20. The normalized spacial score (nSPS) is 15.3. The van der Waals surface area contributed by atoms with Gasteiger partial charge in [-0.2, -0.15) is 0 Å². The molecule has 192 valence electrons. The summed E-state index contributed by atoms with van der Waals surface area (Å²) in [6.45, 7) is -4.43. The third-order valence-electron chi connectivity index (χ3n) is 7.02. The second-order valence-corrected chi connectivity index (χ2v) is 9.30. The van der Waals surface area contributed by atoms with E-state index < -0.39 is 18.9 Å². The average Bonchev–Trinajstić information content (AvgIpc) is 3.57. The van der Waals surface area contributed by atoms with Crippen molar-refractivity contribution in [1.29, 1.82) is 0 Å². The van der Waals surface area contributed by atoms with Gasteiger partial charge in [-0.05, 0) is 71.8 Å². The zero-order valence-electron chi connectivity index (χ0n) is 20.3. The van der Waals surface area contributed by atoms with Crippen molar-refractivity contribution >= 4 is 35.9 Å². The van der Waals surface area contributed by atoms with Gasteiger partial charge in [0.15, 0.2) is 11.4 Å². The van der Waals surface area contributed by atoms with Gasteiger partial charge >= 0.3 is 18.9 Å². The lowest BCUT2D eigenvalue weighted by atomic mass is 9.85. The molecule has 0 radical (unpaired) electrons. The number of benzene rings is 3. The molecule has 2 aliphatic rings. The van der Waals surface area contributed by atoms with Crippen LogP contribution in [0.25, 0.3) is 16.8 Å². The first-order valence-corrected chi connectivity index (χ1v) is 12.0. The Hall–Kier alpha value is -5.25. The highest BCUT2D eigenvalue weighted by atomic mass is 19.2. The van der Waals surface area contributed by atoms with Crippen LogP contribution < -0.4 is 5.73 Å². The first kappa shape index (κ1) is 24.1. The van der Waals surface area contributed by atoms with Gasteiger partial charge in [-0.15, -0.1) is 0 Å². The lowest BCUT2D eigenvalue weighted by Crippen LogP contribution is -2.51. The summed E-state index contributed by atoms with van der Waals surface area (Å²) in [4.78, 5) is 22.7. The molecule has 4 aromatic rings. The molecular weight excluding hydrogens is 503 g/mol. The van der Waals surface area contributed by atoms with E-state index in [1.807, 2.05) is 0 Å². The van der Waals surface area contributed by atoms with Crippen molar-refractivity contribution in [3.05, 3.63) is 131 Å². The zero-order valence-corrected chi connectivity index (χ0v) is 20.3.